The molecule has 1 aromatic carbocycles. The maximum absolute atomic E-state index is 4.08. The van der Waals surface area contributed by atoms with E-state index in [1.807, 2.05) is 36.1 Å². The van der Waals surface area contributed by atoms with Crippen LogP contribution in [0.25, 0.3) is 10.9 Å². The lowest BCUT2D eigenvalue weighted by atomic mass is 10.2. The molecule has 0 fully saturated rings. The highest BCUT2D eigenvalue weighted by molar-refractivity contribution is 5.81. The van der Waals surface area contributed by atoms with E-state index in [2.05, 4.69) is 26.6 Å². The SMILES string of the molecule is Cn1cncc1CNc1ccc2cn[nH]c2c1. The van der Waals surface area contributed by atoms with Crippen LogP contribution in [0.5, 0.6) is 0 Å². The number of H-pyrrole nitrogens is 1. The average molecular weight is 227 g/mol. The Labute approximate surface area is 98.5 Å². The van der Waals surface area contributed by atoms with Gasteiger partial charge in [0.2, 0.25) is 0 Å². The molecule has 0 radical (unpaired) electrons. The summed E-state index contributed by atoms with van der Waals surface area (Å²) in [6.45, 7) is 0.760. The van der Waals surface area contributed by atoms with E-state index in [0.717, 1.165) is 28.8 Å². The summed E-state index contributed by atoms with van der Waals surface area (Å²) < 4.78 is 2.00. The van der Waals surface area contributed by atoms with Gasteiger partial charge in [-0.3, -0.25) is 5.10 Å². The van der Waals surface area contributed by atoms with Gasteiger partial charge in [0.15, 0.2) is 0 Å². The summed E-state index contributed by atoms with van der Waals surface area (Å²) in [6.07, 6.45) is 5.48. The van der Waals surface area contributed by atoms with Crippen LogP contribution in [0.1, 0.15) is 5.69 Å². The van der Waals surface area contributed by atoms with Crippen LogP contribution in [0.15, 0.2) is 36.9 Å². The van der Waals surface area contributed by atoms with Crippen molar-refractivity contribution in [1.29, 1.82) is 0 Å². The van der Waals surface area contributed by atoms with Gasteiger partial charge in [-0.1, -0.05) is 0 Å². The van der Waals surface area contributed by atoms with Gasteiger partial charge in [-0.2, -0.15) is 5.10 Å². The largest absolute Gasteiger partial charge is 0.379 e. The number of aromatic amines is 1. The third-order valence-electron chi connectivity index (χ3n) is 2.83. The molecule has 17 heavy (non-hydrogen) atoms. The fourth-order valence-corrected chi connectivity index (χ4v) is 1.79. The van der Waals surface area contributed by atoms with Gasteiger partial charge in [0.1, 0.15) is 0 Å². The van der Waals surface area contributed by atoms with Gasteiger partial charge in [-0.25, -0.2) is 4.98 Å². The van der Waals surface area contributed by atoms with Gasteiger partial charge in [0, 0.05) is 24.3 Å². The number of nitrogens with one attached hydrogen (secondary N) is 2. The monoisotopic (exact) mass is 227 g/mol. The molecule has 5 heteroatoms. The number of rotatable bonds is 3. The topological polar surface area (TPSA) is 58.5 Å². The number of imidazole rings is 1. The average Bonchev–Trinajstić information content (AvgIpc) is 2.94. The second-order valence-corrected chi connectivity index (χ2v) is 4.02. The van der Waals surface area contributed by atoms with Crippen LogP contribution < -0.4 is 5.32 Å². The van der Waals surface area contributed by atoms with Crippen LogP contribution >= 0.6 is 0 Å². The van der Waals surface area contributed by atoms with E-state index in [9.17, 15) is 0 Å². The molecule has 2 aromatic heterocycles. The van der Waals surface area contributed by atoms with Gasteiger partial charge in [0.05, 0.1) is 30.3 Å². The smallest absolute Gasteiger partial charge is 0.0946 e. The highest BCUT2D eigenvalue weighted by atomic mass is 15.1. The second-order valence-electron chi connectivity index (χ2n) is 4.02. The molecule has 3 aromatic rings. The lowest BCUT2D eigenvalue weighted by Crippen LogP contribution is -2.03. The minimum Gasteiger partial charge on any atom is -0.379 e. The van der Waals surface area contributed by atoms with E-state index in [1.165, 1.54) is 0 Å². The summed E-state index contributed by atoms with van der Waals surface area (Å²) in [5, 5.41) is 11.4. The predicted octanol–water partition coefficient (Wildman–Crippen LogP) is 1.91. The van der Waals surface area contributed by atoms with E-state index < -0.39 is 0 Å². The van der Waals surface area contributed by atoms with Crippen LogP contribution in [0.3, 0.4) is 0 Å². The molecule has 0 saturated carbocycles. The maximum Gasteiger partial charge on any atom is 0.0946 e. The molecule has 0 spiro atoms. The van der Waals surface area contributed by atoms with Crippen molar-refractivity contribution in [2.24, 2.45) is 7.05 Å². The number of fused-ring (bicyclic) bond motifs is 1. The van der Waals surface area contributed by atoms with E-state index in [4.69, 9.17) is 0 Å². The van der Waals surface area contributed by atoms with Crippen LogP contribution in [0, 0.1) is 0 Å². The Morgan fingerprint density at radius 1 is 1.35 bits per heavy atom. The number of hydrogen-bond donors (Lipinski definition) is 2. The summed E-state index contributed by atoms with van der Waals surface area (Å²) in [5.74, 6) is 0. The summed E-state index contributed by atoms with van der Waals surface area (Å²) in [4.78, 5) is 4.08. The minimum atomic E-state index is 0.760. The number of benzene rings is 1. The summed E-state index contributed by atoms with van der Waals surface area (Å²) in [5.41, 5.74) is 3.26. The fraction of sp³-hybridized carbons (Fsp3) is 0.167. The third kappa shape index (κ3) is 1.87. The highest BCUT2D eigenvalue weighted by Crippen LogP contribution is 2.17. The van der Waals surface area contributed by atoms with Gasteiger partial charge >= 0.3 is 0 Å². The van der Waals surface area contributed by atoms with Gasteiger partial charge in [-0.15, -0.1) is 0 Å². The maximum atomic E-state index is 4.08. The number of hydrogen-bond acceptors (Lipinski definition) is 3. The first-order valence-corrected chi connectivity index (χ1v) is 5.45. The molecule has 0 atom stereocenters. The minimum absolute atomic E-state index is 0.760. The Morgan fingerprint density at radius 3 is 3.12 bits per heavy atom. The molecule has 0 bridgehead atoms. The molecule has 2 N–H and O–H groups in total. The van der Waals surface area contributed by atoms with Gasteiger partial charge in [-0.05, 0) is 18.2 Å². The zero-order valence-corrected chi connectivity index (χ0v) is 9.51. The zero-order chi connectivity index (χ0) is 11.7. The van der Waals surface area contributed by atoms with E-state index in [0.29, 0.717) is 0 Å². The van der Waals surface area contributed by atoms with Gasteiger partial charge < -0.3 is 9.88 Å². The molecule has 2 heterocycles. The molecule has 0 unspecified atom stereocenters. The standard InChI is InChI=1S/C12H13N5/c1-17-8-13-6-11(17)7-14-10-3-2-9-5-15-16-12(9)4-10/h2-6,8,14H,7H2,1H3,(H,15,16). The van der Waals surface area contributed by atoms with Crippen molar-refractivity contribution in [3.05, 3.63) is 42.6 Å². The lowest BCUT2D eigenvalue weighted by molar-refractivity contribution is 0.837. The van der Waals surface area contributed by atoms with Crippen LogP contribution in [-0.4, -0.2) is 19.7 Å². The first kappa shape index (κ1) is 9.89. The quantitative estimate of drug-likeness (QED) is 0.718. The number of nitrogens with zero attached hydrogens (tertiary/aromatic N) is 3. The first-order chi connectivity index (χ1) is 8.33. The van der Waals surface area contributed by atoms with Gasteiger partial charge in [0.25, 0.3) is 0 Å². The first-order valence-electron chi connectivity index (χ1n) is 5.45. The molecule has 0 aliphatic heterocycles. The third-order valence-corrected chi connectivity index (χ3v) is 2.83. The molecule has 86 valence electrons. The van der Waals surface area contributed by atoms with Crippen molar-refractivity contribution in [2.45, 2.75) is 6.54 Å². The van der Waals surface area contributed by atoms with E-state index in [1.54, 1.807) is 6.33 Å². The molecule has 0 aliphatic rings. The molecular weight excluding hydrogens is 214 g/mol. The van der Waals surface area contributed by atoms with Crippen molar-refractivity contribution in [3.63, 3.8) is 0 Å². The lowest BCUT2D eigenvalue weighted by Gasteiger charge is -2.06. The Hall–Kier alpha value is -2.30. The summed E-state index contributed by atoms with van der Waals surface area (Å²) in [7, 11) is 1.99. The highest BCUT2D eigenvalue weighted by Gasteiger charge is 2.00. The fourth-order valence-electron chi connectivity index (χ4n) is 1.79. The Bertz CT molecular complexity index is 637. The molecule has 0 amide bonds. The number of anilines is 1. The van der Waals surface area contributed by atoms with Crippen molar-refractivity contribution in [3.8, 4) is 0 Å². The number of aromatic nitrogens is 4. The predicted molar refractivity (Wildman–Crippen MR) is 66.6 cm³/mol. The van der Waals surface area contributed by atoms with Crippen molar-refractivity contribution >= 4 is 16.6 Å². The van der Waals surface area contributed by atoms with Crippen molar-refractivity contribution < 1.29 is 0 Å². The van der Waals surface area contributed by atoms with Crippen molar-refractivity contribution in [1.82, 2.24) is 19.7 Å². The molecule has 3 rings (SSSR count). The Kier molecular flexibility index (Phi) is 2.29. The number of aryl methyl sites for hydroxylation is 1. The molecule has 0 saturated heterocycles. The molecule has 0 aliphatic carbocycles. The Balaban J connectivity index is 1.78. The van der Waals surface area contributed by atoms with E-state index in [-0.39, 0.29) is 0 Å². The zero-order valence-electron chi connectivity index (χ0n) is 9.51. The summed E-state index contributed by atoms with van der Waals surface area (Å²) in [6, 6.07) is 6.15. The van der Waals surface area contributed by atoms with Crippen LogP contribution in [0.4, 0.5) is 5.69 Å². The van der Waals surface area contributed by atoms with Crippen molar-refractivity contribution in [2.75, 3.05) is 5.32 Å². The molecular formula is C12H13N5. The normalized spacial score (nSPS) is 10.9. The Morgan fingerprint density at radius 2 is 2.29 bits per heavy atom. The van der Waals surface area contributed by atoms with E-state index >= 15 is 0 Å². The van der Waals surface area contributed by atoms with Crippen LogP contribution in [0.2, 0.25) is 0 Å². The van der Waals surface area contributed by atoms with Crippen LogP contribution in [-0.2, 0) is 13.6 Å². The second kappa shape index (κ2) is 3.93. The molecule has 5 nitrogen and oxygen atoms in total. The summed E-state index contributed by atoms with van der Waals surface area (Å²) >= 11 is 0.